The standard InChI is InChI=1S/C8H14O3/c1-4-5-10-6-8(9)11-7(2)3/h4,7H,1,5-6H2,2-3H3. The molecule has 0 unspecified atom stereocenters. The molecule has 0 aliphatic heterocycles. The highest BCUT2D eigenvalue weighted by Gasteiger charge is 2.03. The SMILES string of the molecule is C=CCOCC(=O)OC(C)C. The molecule has 0 bridgehead atoms. The summed E-state index contributed by atoms with van der Waals surface area (Å²) in [5.41, 5.74) is 0. The van der Waals surface area contributed by atoms with Gasteiger partial charge in [0.25, 0.3) is 0 Å². The van der Waals surface area contributed by atoms with Gasteiger partial charge >= 0.3 is 5.97 Å². The molecule has 64 valence electrons. The first-order valence-electron chi connectivity index (χ1n) is 3.55. The number of esters is 1. The van der Waals surface area contributed by atoms with Gasteiger partial charge in [-0.05, 0) is 13.8 Å². The highest BCUT2D eigenvalue weighted by molar-refractivity contribution is 5.70. The predicted molar refractivity (Wildman–Crippen MR) is 42.2 cm³/mol. The molecular formula is C8H14O3. The lowest BCUT2D eigenvalue weighted by Crippen LogP contribution is -2.16. The molecule has 0 spiro atoms. The third kappa shape index (κ3) is 7.06. The van der Waals surface area contributed by atoms with Crippen LogP contribution >= 0.6 is 0 Å². The van der Waals surface area contributed by atoms with Gasteiger partial charge in [-0.25, -0.2) is 4.79 Å². The van der Waals surface area contributed by atoms with E-state index in [4.69, 9.17) is 9.47 Å². The quantitative estimate of drug-likeness (QED) is 0.342. The summed E-state index contributed by atoms with van der Waals surface area (Å²) in [6.07, 6.45) is 1.51. The number of carbonyl (C=O) groups excluding carboxylic acids is 1. The monoisotopic (exact) mass is 158 g/mol. The topological polar surface area (TPSA) is 35.5 Å². The first kappa shape index (κ1) is 10.2. The van der Waals surface area contributed by atoms with Crippen molar-refractivity contribution >= 4 is 5.97 Å². The van der Waals surface area contributed by atoms with Crippen LogP contribution < -0.4 is 0 Å². The fourth-order valence-corrected chi connectivity index (χ4v) is 0.523. The summed E-state index contributed by atoms with van der Waals surface area (Å²) in [6, 6.07) is 0. The van der Waals surface area contributed by atoms with Crippen molar-refractivity contribution in [3.05, 3.63) is 12.7 Å². The number of rotatable bonds is 5. The molecule has 0 fully saturated rings. The Kier molecular flexibility index (Phi) is 5.47. The Balaban J connectivity index is 3.30. The Morgan fingerprint density at radius 3 is 2.73 bits per heavy atom. The molecule has 0 aromatic rings. The van der Waals surface area contributed by atoms with Crippen molar-refractivity contribution in [2.24, 2.45) is 0 Å². The lowest BCUT2D eigenvalue weighted by atomic mass is 10.5. The zero-order valence-corrected chi connectivity index (χ0v) is 7.00. The molecule has 0 aliphatic rings. The van der Waals surface area contributed by atoms with E-state index in [1.807, 2.05) is 0 Å². The zero-order chi connectivity index (χ0) is 8.69. The minimum absolute atomic E-state index is 0.00417. The Hall–Kier alpha value is -0.830. The third-order valence-corrected chi connectivity index (χ3v) is 0.823. The lowest BCUT2D eigenvalue weighted by molar-refractivity contribution is -0.152. The Morgan fingerprint density at radius 1 is 1.64 bits per heavy atom. The molecule has 11 heavy (non-hydrogen) atoms. The van der Waals surface area contributed by atoms with Crippen LogP contribution in [0.1, 0.15) is 13.8 Å². The van der Waals surface area contributed by atoms with Crippen LogP contribution in [0.4, 0.5) is 0 Å². The molecule has 3 nitrogen and oxygen atoms in total. The van der Waals surface area contributed by atoms with Gasteiger partial charge in [0.2, 0.25) is 0 Å². The molecule has 0 N–H and O–H groups in total. The molecule has 0 aromatic carbocycles. The van der Waals surface area contributed by atoms with E-state index < -0.39 is 0 Å². The maximum Gasteiger partial charge on any atom is 0.332 e. The van der Waals surface area contributed by atoms with Crippen molar-refractivity contribution in [2.75, 3.05) is 13.2 Å². The number of hydrogen-bond acceptors (Lipinski definition) is 3. The molecule has 0 heterocycles. The molecule has 3 heteroatoms. The maximum atomic E-state index is 10.7. The van der Waals surface area contributed by atoms with Crippen LogP contribution in [0.3, 0.4) is 0 Å². The van der Waals surface area contributed by atoms with Gasteiger partial charge in [0, 0.05) is 0 Å². The van der Waals surface area contributed by atoms with Crippen LogP contribution in [0.15, 0.2) is 12.7 Å². The molecule has 0 amide bonds. The van der Waals surface area contributed by atoms with Crippen LogP contribution in [0.5, 0.6) is 0 Å². The second-order valence-electron chi connectivity index (χ2n) is 2.34. The molecule has 0 aliphatic carbocycles. The summed E-state index contributed by atoms with van der Waals surface area (Å²) >= 11 is 0. The molecular weight excluding hydrogens is 144 g/mol. The minimum atomic E-state index is -0.332. The maximum absolute atomic E-state index is 10.7. The van der Waals surface area contributed by atoms with E-state index in [2.05, 4.69) is 6.58 Å². The summed E-state index contributed by atoms with van der Waals surface area (Å²) in [5, 5.41) is 0. The minimum Gasteiger partial charge on any atom is -0.461 e. The van der Waals surface area contributed by atoms with Crippen molar-refractivity contribution < 1.29 is 14.3 Å². The van der Waals surface area contributed by atoms with Crippen molar-refractivity contribution in [1.29, 1.82) is 0 Å². The summed E-state index contributed by atoms with van der Waals surface area (Å²) in [7, 11) is 0. The number of hydrogen-bond donors (Lipinski definition) is 0. The van der Waals surface area contributed by atoms with Crippen LogP contribution in [-0.4, -0.2) is 25.3 Å². The van der Waals surface area contributed by atoms with E-state index >= 15 is 0 Å². The summed E-state index contributed by atoms with van der Waals surface area (Å²) in [5.74, 6) is -0.332. The van der Waals surface area contributed by atoms with Crippen molar-refractivity contribution in [2.45, 2.75) is 20.0 Å². The fraction of sp³-hybridized carbons (Fsp3) is 0.625. The molecule has 0 saturated carbocycles. The van der Waals surface area contributed by atoms with Gasteiger partial charge in [-0.3, -0.25) is 0 Å². The highest BCUT2D eigenvalue weighted by atomic mass is 16.6. The fourth-order valence-electron chi connectivity index (χ4n) is 0.523. The summed E-state index contributed by atoms with van der Waals surface area (Å²) in [4.78, 5) is 10.7. The van der Waals surface area contributed by atoms with Crippen molar-refractivity contribution in [1.82, 2.24) is 0 Å². The predicted octanol–water partition coefficient (Wildman–Crippen LogP) is 1.14. The molecule has 0 saturated heterocycles. The average molecular weight is 158 g/mol. The van der Waals surface area contributed by atoms with Crippen molar-refractivity contribution in [3.8, 4) is 0 Å². The van der Waals surface area contributed by atoms with E-state index in [-0.39, 0.29) is 18.7 Å². The molecule has 0 atom stereocenters. The van der Waals surface area contributed by atoms with Crippen LogP contribution in [-0.2, 0) is 14.3 Å². The second kappa shape index (κ2) is 5.92. The third-order valence-electron chi connectivity index (χ3n) is 0.823. The second-order valence-corrected chi connectivity index (χ2v) is 2.34. The Bertz CT molecular complexity index is 129. The van der Waals surface area contributed by atoms with Crippen LogP contribution in [0.25, 0.3) is 0 Å². The molecule has 0 aromatic heterocycles. The number of carbonyl (C=O) groups is 1. The van der Waals surface area contributed by atoms with E-state index in [1.54, 1.807) is 19.9 Å². The van der Waals surface area contributed by atoms with Gasteiger partial charge < -0.3 is 9.47 Å². The van der Waals surface area contributed by atoms with E-state index in [1.165, 1.54) is 0 Å². The van der Waals surface area contributed by atoms with Crippen molar-refractivity contribution in [3.63, 3.8) is 0 Å². The Labute approximate surface area is 67.0 Å². The van der Waals surface area contributed by atoms with E-state index in [0.29, 0.717) is 6.61 Å². The zero-order valence-electron chi connectivity index (χ0n) is 7.00. The normalized spacial score (nSPS) is 9.73. The van der Waals surface area contributed by atoms with Gasteiger partial charge in [0.05, 0.1) is 12.7 Å². The average Bonchev–Trinajstić information content (AvgIpc) is 1.86. The number of ether oxygens (including phenoxy) is 2. The molecule has 0 radical (unpaired) electrons. The Morgan fingerprint density at radius 2 is 2.27 bits per heavy atom. The first-order chi connectivity index (χ1) is 5.16. The largest absolute Gasteiger partial charge is 0.461 e. The lowest BCUT2D eigenvalue weighted by Gasteiger charge is -2.06. The van der Waals surface area contributed by atoms with E-state index in [9.17, 15) is 4.79 Å². The van der Waals surface area contributed by atoms with Gasteiger partial charge in [0.1, 0.15) is 6.61 Å². The van der Waals surface area contributed by atoms with Crippen LogP contribution in [0.2, 0.25) is 0 Å². The van der Waals surface area contributed by atoms with Gasteiger partial charge in [0.15, 0.2) is 0 Å². The summed E-state index contributed by atoms with van der Waals surface area (Å²) < 4.78 is 9.65. The smallest absolute Gasteiger partial charge is 0.332 e. The van der Waals surface area contributed by atoms with Crippen LogP contribution in [0, 0.1) is 0 Å². The highest BCUT2D eigenvalue weighted by Crippen LogP contribution is 1.89. The van der Waals surface area contributed by atoms with Gasteiger partial charge in [-0.15, -0.1) is 6.58 Å². The van der Waals surface area contributed by atoms with E-state index in [0.717, 1.165) is 0 Å². The van der Waals surface area contributed by atoms with Gasteiger partial charge in [-0.1, -0.05) is 6.08 Å². The molecule has 0 rings (SSSR count). The van der Waals surface area contributed by atoms with Gasteiger partial charge in [-0.2, -0.15) is 0 Å². The summed E-state index contributed by atoms with van der Waals surface area (Å²) in [6.45, 7) is 7.42. The first-order valence-corrected chi connectivity index (χ1v) is 3.55.